The first-order chi connectivity index (χ1) is 17.9. The molecule has 1 unspecified atom stereocenters. The molecule has 188 valence electrons. The molecule has 0 aromatic heterocycles. The van der Waals surface area contributed by atoms with Crippen LogP contribution >= 0.6 is 0 Å². The van der Waals surface area contributed by atoms with Crippen molar-refractivity contribution in [3.63, 3.8) is 0 Å². The summed E-state index contributed by atoms with van der Waals surface area (Å²) in [7, 11) is 0. The van der Waals surface area contributed by atoms with E-state index in [9.17, 15) is 9.59 Å². The molecule has 0 radical (unpaired) electrons. The maximum Gasteiger partial charge on any atom is 0.231 e. The molecule has 0 N–H and O–H groups in total. The number of ether oxygens (including phenoxy) is 3. The molecule has 2 aliphatic heterocycles. The minimum absolute atomic E-state index is 0.0360. The zero-order valence-electron chi connectivity index (χ0n) is 21.3. The van der Waals surface area contributed by atoms with Crippen LogP contribution in [0.5, 0.6) is 11.5 Å². The van der Waals surface area contributed by atoms with E-state index in [0.717, 1.165) is 58.0 Å². The van der Waals surface area contributed by atoms with Crippen LogP contribution in [-0.2, 0) is 10.3 Å². The number of ketones is 2. The van der Waals surface area contributed by atoms with Gasteiger partial charge in [-0.3, -0.25) is 14.5 Å². The Kier molecular flexibility index (Phi) is 5.74. The van der Waals surface area contributed by atoms with Crippen molar-refractivity contribution in [3.8, 4) is 11.5 Å². The first-order valence-corrected chi connectivity index (χ1v) is 12.6. The molecule has 0 bridgehead atoms. The summed E-state index contributed by atoms with van der Waals surface area (Å²) in [6.45, 7) is 8.54. The summed E-state index contributed by atoms with van der Waals surface area (Å²) in [5, 5.41) is 0. The molecular formula is C31H29NO5. The van der Waals surface area contributed by atoms with Crippen molar-refractivity contribution in [1.29, 1.82) is 0 Å². The van der Waals surface area contributed by atoms with Gasteiger partial charge in [0.05, 0.1) is 18.8 Å². The number of carbonyl (C=O) groups is 2. The summed E-state index contributed by atoms with van der Waals surface area (Å²) < 4.78 is 17.3. The highest BCUT2D eigenvalue weighted by molar-refractivity contribution is 6.08. The van der Waals surface area contributed by atoms with Gasteiger partial charge >= 0.3 is 0 Å². The van der Waals surface area contributed by atoms with Crippen molar-refractivity contribution >= 4 is 22.7 Å². The molecule has 1 atom stereocenters. The lowest BCUT2D eigenvalue weighted by Gasteiger charge is -2.43. The highest BCUT2D eigenvalue weighted by Crippen LogP contribution is 2.57. The SMILES string of the molecule is CC(=O)c1ccc(C2=C(c3ccc(C(C)=O)cc3)C(C)(N3CCOCC3)c3cc4c(cc32)OCO4)cc1. The van der Waals surface area contributed by atoms with Gasteiger partial charge in [-0.25, -0.2) is 0 Å². The second-order valence-electron chi connectivity index (χ2n) is 9.94. The third-order valence-corrected chi connectivity index (χ3v) is 7.85. The Morgan fingerprint density at radius 2 is 1.32 bits per heavy atom. The smallest absolute Gasteiger partial charge is 0.231 e. The van der Waals surface area contributed by atoms with Crippen molar-refractivity contribution in [2.75, 3.05) is 33.1 Å². The van der Waals surface area contributed by atoms with E-state index in [4.69, 9.17) is 14.2 Å². The Morgan fingerprint density at radius 1 is 0.784 bits per heavy atom. The van der Waals surface area contributed by atoms with E-state index in [2.05, 4.69) is 24.0 Å². The van der Waals surface area contributed by atoms with E-state index in [-0.39, 0.29) is 18.4 Å². The lowest BCUT2D eigenvalue weighted by molar-refractivity contribution is 0.00191. The summed E-state index contributed by atoms with van der Waals surface area (Å²) in [6.07, 6.45) is 0. The van der Waals surface area contributed by atoms with Crippen LogP contribution in [0.2, 0.25) is 0 Å². The largest absolute Gasteiger partial charge is 0.454 e. The molecule has 3 aliphatic rings. The molecule has 6 rings (SSSR count). The van der Waals surface area contributed by atoms with Crippen LogP contribution in [0.4, 0.5) is 0 Å². The lowest BCUT2D eigenvalue weighted by Crippen LogP contribution is -2.49. The van der Waals surface area contributed by atoms with Crippen LogP contribution in [0, 0.1) is 0 Å². The molecule has 1 saturated heterocycles. The second kappa shape index (κ2) is 8.98. The van der Waals surface area contributed by atoms with Gasteiger partial charge in [-0.1, -0.05) is 48.5 Å². The number of hydrogen-bond acceptors (Lipinski definition) is 6. The minimum Gasteiger partial charge on any atom is -0.454 e. The molecule has 1 aliphatic carbocycles. The molecule has 3 aromatic rings. The Morgan fingerprint density at radius 3 is 1.89 bits per heavy atom. The van der Waals surface area contributed by atoms with Crippen LogP contribution in [0.25, 0.3) is 11.1 Å². The molecule has 2 heterocycles. The number of hydrogen-bond donors (Lipinski definition) is 0. The quantitative estimate of drug-likeness (QED) is 0.445. The third kappa shape index (κ3) is 3.79. The van der Waals surface area contributed by atoms with E-state index in [0.29, 0.717) is 24.3 Å². The van der Waals surface area contributed by atoms with Gasteiger partial charge in [0.15, 0.2) is 23.1 Å². The number of rotatable bonds is 5. The summed E-state index contributed by atoms with van der Waals surface area (Å²) in [5.74, 6) is 1.55. The molecule has 3 aromatic carbocycles. The summed E-state index contributed by atoms with van der Waals surface area (Å²) in [5.41, 5.74) is 7.42. The predicted molar refractivity (Wildman–Crippen MR) is 141 cm³/mol. The van der Waals surface area contributed by atoms with Crippen LogP contribution in [-0.4, -0.2) is 49.6 Å². The monoisotopic (exact) mass is 495 g/mol. The molecule has 0 amide bonds. The number of fused-ring (bicyclic) bond motifs is 2. The summed E-state index contributed by atoms with van der Waals surface area (Å²) in [4.78, 5) is 26.5. The number of nitrogens with zero attached hydrogens (tertiary/aromatic N) is 1. The molecular weight excluding hydrogens is 466 g/mol. The fourth-order valence-electron chi connectivity index (χ4n) is 5.87. The van der Waals surface area contributed by atoms with E-state index < -0.39 is 5.54 Å². The van der Waals surface area contributed by atoms with Crippen molar-refractivity contribution < 1.29 is 23.8 Å². The van der Waals surface area contributed by atoms with Crippen molar-refractivity contribution in [1.82, 2.24) is 4.90 Å². The molecule has 0 spiro atoms. The Labute approximate surface area is 216 Å². The van der Waals surface area contributed by atoms with Gasteiger partial charge in [0.2, 0.25) is 6.79 Å². The summed E-state index contributed by atoms with van der Waals surface area (Å²) >= 11 is 0. The average Bonchev–Trinajstić information content (AvgIpc) is 3.48. The van der Waals surface area contributed by atoms with Crippen LogP contribution in [0.15, 0.2) is 60.7 Å². The minimum atomic E-state index is -0.480. The maximum atomic E-state index is 12.0. The molecule has 6 heteroatoms. The molecule has 1 fully saturated rings. The molecule has 6 nitrogen and oxygen atoms in total. The van der Waals surface area contributed by atoms with E-state index in [1.54, 1.807) is 13.8 Å². The van der Waals surface area contributed by atoms with Gasteiger partial charge in [-0.2, -0.15) is 0 Å². The number of morpholine rings is 1. The zero-order valence-corrected chi connectivity index (χ0v) is 21.3. The van der Waals surface area contributed by atoms with Gasteiger partial charge in [0, 0.05) is 24.2 Å². The second-order valence-corrected chi connectivity index (χ2v) is 9.94. The molecule has 37 heavy (non-hydrogen) atoms. The molecule has 0 saturated carbocycles. The normalized spacial score (nSPS) is 20.7. The Bertz CT molecular complexity index is 1430. The first-order valence-electron chi connectivity index (χ1n) is 12.6. The van der Waals surface area contributed by atoms with E-state index in [1.165, 1.54) is 0 Å². The van der Waals surface area contributed by atoms with Crippen LogP contribution < -0.4 is 9.47 Å². The highest BCUT2D eigenvalue weighted by atomic mass is 16.7. The number of benzene rings is 3. The third-order valence-electron chi connectivity index (χ3n) is 7.85. The van der Waals surface area contributed by atoms with Crippen molar-refractivity contribution in [2.45, 2.75) is 26.3 Å². The predicted octanol–water partition coefficient (Wildman–Crippen LogP) is 5.34. The van der Waals surface area contributed by atoms with Gasteiger partial charge < -0.3 is 14.2 Å². The fourth-order valence-corrected chi connectivity index (χ4v) is 5.87. The van der Waals surface area contributed by atoms with Crippen LogP contribution in [0.1, 0.15) is 63.7 Å². The van der Waals surface area contributed by atoms with Crippen molar-refractivity contribution in [3.05, 3.63) is 94.0 Å². The van der Waals surface area contributed by atoms with E-state index >= 15 is 0 Å². The standard InChI is InChI=1S/C31H29NO5/c1-19(33)21-4-8-23(9-5-21)29-25-16-27-28(37-18-36-27)17-26(25)31(3,32-12-14-35-15-13-32)30(29)24-10-6-22(7-11-24)20(2)34/h4-11,16-17H,12-15,18H2,1-3H3. The van der Waals surface area contributed by atoms with Crippen molar-refractivity contribution in [2.24, 2.45) is 0 Å². The van der Waals surface area contributed by atoms with Gasteiger partial charge in [0.25, 0.3) is 0 Å². The highest BCUT2D eigenvalue weighted by Gasteiger charge is 2.48. The number of Topliss-reactive ketones (excluding diaryl/α,β-unsaturated/α-hetero) is 2. The van der Waals surface area contributed by atoms with Gasteiger partial charge in [-0.05, 0) is 66.3 Å². The van der Waals surface area contributed by atoms with Gasteiger partial charge in [-0.15, -0.1) is 0 Å². The zero-order chi connectivity index (χ0) is 25.7. The maximum absolute atomic E-state index is 12.0. The first kappa shape index (κ1) is 23.6. The number of carbonyl (C=O) groups excluding carboxylic acids is 2. The van der Waals surface area contributed by atoms with E-state index in [1.807, 2.05) is 48.5 Å². The topological polar surface area (TPSA) is 65.1 Å². The average molecular weight is 496 g/mol. The Balaban J connectivity index is 1.64. The fraction of sp³-hybridized carbons (Fsp3) is 0.290. The van der Waals surface area contributed by atoms with Crippen LogP contribution in [0.3, 0.4) is 0 Å². The lowest BCUT2D eigenvalue weighted by atomic mass is 9.81. The summed E-state index contributed by atoms with van der Waals surface area (Å²) in [6, 6.07) is 19.9. The van der Waals surface area contributed by atoms with Gasteiger partial charge in [0.1, 0.15) is 0 Å². The Hall–Kier alpha value is -3.74.